The molecule has 0 unspecified atom stereocenters. The Morgan fingerprint density at radius 1 is 1.20 bits per heavy atom. The molecule has 30 heavy (non-hydrogen) atoms. The first kappa shape index (κ1) is 18.6. The fourth-order valence-corrected chi connectivity index (χ4v) is 4.32. The smallest absolute Gasteiger partial charge is 0.270 e. The largest absolute Gasteiger partial charge is 0.365 e. The Labute approximate surface area is 177 Å². The Hall–Kier alpha value is -3.46. The van der Waals surface area contributed by atoms with Crippen LogP contribution in [0, 0.1) is 6.92 Å². The van der Waals surface area contributed by atoms with Crippen molar-refractivity contribution in [2.75, 3.05) is 30.8 Å². The van der Waals surface area contributed by atoms with Crippen LogP contribution in [0.15, 0.2) is 36.5 Å². The number of carbonyl (C=O) groups excluding carboxylic acids is 1. The quantitative estimate of drug-likeness (QED) is 0.452. The molecule has 152 valence electrons. The van der Waals surface area contributed by atoms with Crippen LogP contribution in [-0.2, 0) is 0 Å². The number of aromatic nitrogens is 4. The van der Waals surface area contributed by atoms with Crippen molar-refractivity contribution in [3.8, 4) is 10.6 Å². The molecule has 3 aromatic heterocycles. The lowest BCUT2D eigenvalue weighted by molar-refractivity contribution is 0.0646. The van der Waals surface area contributed by atoms with Crippen molar-refractivity contribution in [2.45, 2.75) is 13.3 Å². The molecule has 0 bridgehead atoms. The highest BCUT2D eigenvalue weighted by molar-refractivity contribution is 7.19. The van der Waals surface area contributed by atoms with E-state index in [2.05, 4.69) is 30.6 Å². The van der Waals surface area contributed by atoms with Gasteiger partial charge in [-0.1, -0.05) is 11.3 Å². The van der Waals surface area contributed by atoms with Gasteiger partial charge in [-0.3, -0.25) is 4.79 Å². The zero-order valence-electron chi connectivity index (χ0n) is 16.7. The van der Waals surface area contributed by atoms with Gasteiger partial charge in [-0.2, -0.15) is 0 Å². The second-order valence-electron chi connectivity index (χ2n) is 7.20. The highest BCUT2D eigenvalue weighted by Gasteiger charge is 2.23. The molecule has 5 rings (SSSR count). The van der Waals surface area contributed by atoms with Gasteiger partial charge < -0.3 is 20.5 Å². The molecule has 0 saturated carbocycles. The zero-order valence-corrected chi connectivity index (χ0v) is 17.5. The fraction of sp³-hybridized carbons (Fsp3) is 0.238. The molecular formula is C21H21N7OS. The number of rotatable bonds is 5. The van der Waals surface area contributed by atoms with Gasteiger partial charge in [-0.25, -0.2) is 15.0 Å². The van der Waals surface area contributed by atoms with Gasteiger partial charge >= 0.3 is 0 Å². The van der Waals surface area contributed by atoms with Gasteiger partial charge in [0.15, 0.2) is 5.13 Å². The van der Waals surface area contributed by atoms with Gasteiger partial charge in [0.1, 0.15) is 5.69 Å². The lowest BCUT2D eigenvalue weighted by Gasteiger charge is -2.30. The minimum Gasteiger partial charge on any atom is -0.365 e. The number of thiazole rings is 1. The van der Waals surface area contributed by atoms with Crippen molar-refractivity contribution in [1.29, 1.82) is 0 Å². The minimum absolute atomic E-state index is 0.0591. The van der Waals surface area contributed by atoms with Crippen molar-refractivity contribution in [3.05, 3.63) is 47.9 Å². The lowest BCUT2D eigenvalue weighted by atomic mass is 10.2. The summed E-state index contributed by atoms with van der Waals surface area (Å²) in [7, 11) is 1.86. The standard InChI is InChI=1S/C21H21N7OS/c1-12-18(30-21(22-2)24-12)16-6-7-23-20(27-16)25-14-4-5-15-13(10-14)11-17(26-15)19(29)28-8-3-9-28/h4-7,10-11,26H,3,8-9H2,1-2H3,(H,22,24)(H,23,25,27). The van der Waals surface area contributed by atoms with E-state index >= 15 is 0 Å². The van der Waals surface area contributed by atoms with E-state index in [1.807, 2.05) is 49.2 Å². The minimum atomic E-state index is 0.0591. The van der Waals surface area contributed by atoms with Crippen molar-refractivity contribution in [2.24, 2.45) is 0 Å². The predicted molar refractivity (Wildman–Crippen MR) is 120 cm³/mol. The third-order valence-electron chi connectivity index (χ3n) is 5.15. The van der Waals surface area contributed by atoms with E-state index in [0.717, 1.165) is 57.5 Å². The Morgan fingerprint density at radius 2 is 2.07 bits per heavy atom. The maximum absolute atomic E-state index is 12.4. The number of likely N-dealkylation sites (tertiary alicyclic amines) is 1. The number of fused-ring (bicyclic) bond motifs is 1. The number of H-pyrrole nitrogens is 1. The van der Waals surface area contributed by atoms with E-state index in [9.17, 15) is 4.79 Å². The number of carbonyl (C=O) groups is 1. The Bertz CT molecular complexity index is 1240. The highest BCUT2D eigenvalue weighted by Crippen LogP contribution is 2.32. The molecule has 0 radical (unpaired) electrons. The van der Waals surface area contributed by atoms with Crippen molar-refractivity contribution < 1.29 is 4.79 Å². The molecule has 1 fully saturated rings. The molecule has 3 N–H and O–H groups in total. The summed E-state index contributed by atoms with van der Waals surface area (Å²) >= 11 is 1.56. The van der Waals surface area contributed by atoms with Gasteiger partial charge in [0, 0.05) is 42.9 Å². The average molecular weight is 420 g/mol. The molecule has 0 atom stereocenters. The third kappa shape index (κ3) is 3.37. The van der Waals surface area contributed by atoms with E-state index in [1.54, 1.807) is 17.5 Å². The van der Waals surface area contributed by atoms with Crippen LogP contribution < -0.4 is 10.6 Å². The molecule has 1 aliphatic rings. The molecule has 9 heteroatoms. The molecule has 0 aliphatic carbocycles. The van der Waals surface area contributed by atoms with Gasteiger partial charge in [0.2, 0.25) is 5.95 Å². The van der Waals surface area contributed by atoms with E-state index in [4.69, 9.17) is 0 Å². The Morgan fingerprint density at radius 3 is 2.80 bits per heavy atom. The van der Waals surface area contributed by atoms with E-state index in [0.29, 0.717) is 11.6 Å². The normalized spacial score (nSPS) is 13.3. The highest BCUT2D eigenvalue weighted by atomic mass is 32.1. The SMILES string of the molecule is CNc1nc(C)c(-c2ccnc(Nc3ccc4[nH]c(C(=O)N5CCC5)cc4c3)n2)s1. The first-order chi connectivity index (χ1) is 14.6. The van der Waals surface area contributed by atoms with Crippen LogP contribution in [0.1, 0.15) is 22.6 Å². The van der Waals surface area contributed by atoms with Crippen LogP contribution in [0.4, 0.5) is 16.8 Å². The number of hydrogen-bond acceptors (Lipinski definition) is 7. The molecule has 1 aliphatic heterocycles. The van der Waals surface area contributed by atoms with Crippen LogP contribution in [0.2, 0.25) is 0 Å². The molecule has 8 nitrogen and oxygen atoms in total. The van der Waals surface area contributed by atoms with Gasteiger partial charge in [0.25, 0.3) is 5.91 Å². The number of amides is 1. The first-order valence-corrected chi connectivity index (χ1v) is 10.6. The molecule has 4 heterocycles. The monoisotopic (exact) mass is 419 g/mol. The van der Waals surface area contributed by atoms with Gasteiger partial charge in [0.05, 0.1) is 16.3 Å². The van der Waals surface area contributed by atoms with Crippen LogP contribution in [0.25, 0.3) is 21.5 Å². The summed E-state index contributed by atoms with van der Waals surface area (Å²) < 4.78 is 0. The van der Waals surface area contributed by atoms with Crippen molar-refractivity contribution >= 4 is 44.9 Å². The van der Waals surface area contributed by atoms with E-state index in [1.165, 1.54) is 0 Å². The molecular weight excluding hydrogens is 398 g/mol. The van der Waals surface area contributed by atoms with Crippen LogP contribution in [-0.4, -0.2) is 50.9 Å². The zero-order chi connectivity index (χ0) is 20.7. The molecule has 1 aromatic carbocycles. The second-order valence-corrected chi connectivity index (χ2v) is 8.20. The summed E-state index contributed by atoms with van der Waals surface area (Å²) in [6, 6.07) is 9.68. The number of aromatic amines is 1. The van der Waals surface area contributed by atoms with Crippen LogP contribution >= 0.6 is 11.3 Å². The molecule has 1 amide bonds. The summed E-state index contributed by atoms with van der Waals surface area (Å²) in [6.45, 7) is 3.65. The second kappa shape index (κ2) is 7.42. The first-order valence-electron chi connectivity index (χ1n) is 9.78. The summed E-state index contributed by atoms with van der Waals surface area (Å²) in [6.07, 6.45) is 2.82. The number of nitrogens with one attached hydrogen (secondary N) is 3. The van der Waals surface area contributed by atoms with Crippen molar-refractivity contribution in [3.63, 3.8) is 0 Å². The summed E-state index contributed by atoms with van der Waals surface area (Å²) in [5.74, 6) is 0.571. The Balaban J connectivity index is 1.40. The summed E-state index contributed by atoms with van der Waals surface area (Å²) in [5, 5.41) is 8.17. The third-order valence-corrected chi connectivity index (χ3v) is 6.35. The Kier molecular flexibility index (Phi) is 4.59. The molecule has 4 aromatic rings. The lowest BCUT2D eigenvalue weighted by Crippen LogP contribution is -2.42. The number of anilines is 3. The van der Waals surface area contributed by atoms with Gasteiger partial charge in [-0.05, 0) is 43.7 Å². The number of hydrogen-bond donors (Lipinski definition) is 3. The van der Waals surface area contributed by atoms with Gasteiger partial charge in [-0.15, -0.1) is 0 Å². The molecule has 0 spiro atoms. The molecule has 1 saturated heterocycles. The summed E-state index contributed by atoms with van der Waals surface area (Å²) in [4.78, 5) is 32.0. The number of nitrogens with zero attached hydrogens (tertiary/aromatic N) is 4. The fourth-order valence-electron chi connectivity index (χ4n) is 3.43. The number of aryl methyl sites for hydroxylation is 1. The van der Waals surface area contributed by atoms with Crippen LogP contribution in [0.3, 0.4) is 0 Å². The maximum Gasteiger partial charge on any atom is 0.270 e. The maximum atomic E-state index is 12.4. The van der Waals surface area contributed by atoms with Crippen LogP contribution in [0.5, 0.6) is 0 Å². The number of benzene rings is 1. The van der Waals surface area contributed by atoms with E-state index < -0.39 is 0 Å². The van der Waals surface area contributed by atoms with E-state index in [-0.39, 0.29) is 5.91 Å². The van der Waals surface area contributed by atoms with Crippen molar-refractivity contribution in [1.82, 2.24) is 24.8 Å². The summed E-state index contributed by atoms with van der Waals surface area (Å²) in [5.41, 5.74) is 4.18. The average Bonchev–Trinajstić information content (AvgIpc) is 3.30. The topological polar surface area (TPSA) is 98.8 Å². The predicted octanol–water partition coefficient (Wildman–Crippen LogP) is 4.02.